The van der Waals surface area contributed by atoms with Crippen molar-refractivity contribution >= 4 is 61.1 Å². The van der Waals surface area contributed by atoms with Crippen molar-refractivity contribution in [1.82, 2.24) is 9.97 Å². The van der Waals surface area contributed by atoms with Gasteiger partial charge in [-0.05, 0) is 42.5 Å². The Morgan fingerprint density at radius 2 is 1.84 bits per heavy atom. The summed E-state index contributed by atoms with van der Waals surface area (Å²) in [5.74, 6) is 0.483. The maximum atomic E-state index is 11.1. The molecule has 0 saturated heterocycles. The number of carbonyl (C=O) groups excluding carboxylic acids is 1. The average molecular weight is 397 g/mol. The molecule has 0 spiro atoms. The molecule has 0 saturated carbocycles. The van der Waals surface area contributed by atoms with E-state index in [4.69, 9.17) is 4.42 Å². The minimum atomic E-state index is -0.105. The summed E-state index contributed by atoms with van der Waals surface area (Å²) >= 11 is 3.47. The Kier molecular flexibility index (Phi) is 3.85. The third-order valence-corrected chi connectivity index (χ3v) is 4.17. The number of nitrogens with zero attached hydrogens (tertiary/aromatic N) is 2. The third kappa shape index (κ3) is 3.06. The number of aromatic nitrogens is 2. The molecule has 25 heavy (non-hydrogen) atoms. The van der Waals surface area contributed by atoms with Crippen molar-refractivity contribution in [2.24, 2.45) is 0 Å². The lowest BCUT2D eigenvalue weighted by atomic mass is 10.2. The summed E-state index contributed by atoms with van der Waals surface area (Å²) in [4.78, 5) is 19.7. The van der Waals surface area contributed by atoms with Gasteiger partial charge in [-0.3, -0.25) is 4.79 Å². The molecule has 2 heterocycles. The van der Waals surface area contributed by atoms with E-state index < -0.39 is 0 Å². The number of anilines is 3. The number of nitrogens with one attached hydrogen (secondary N) is 2. The molecule has 0 radical (unpaired) electrons. The number of halogens is 1. The molecule has 2 aromatic carbocycles. The molecule has 0 bridgehead atoms. The summed E-state index contributed by atoms with van der Waals surface area (Å²) in [5.41, 5.74) is 3.67. The van der Waals surface area contributed by atoms with Gasteiger partial charge in [-0.1, -0.05) is 15.9 Å². The van der Waals surface area contributed by atoms with E-state index in [0.29, 0.717) is 11.4 Å². The molecule has 124 valence electrons. The van der Waals surface area contributed by atoms with E-state index in [-0.39, 0.29) is 5.91 Å². The molecule has 7 heteroatoms. The number of hydrogen-bond donors (Lipinski definition) is 2. The Bertz CT molecular complexity index is 1090. The van der Waals surface area contributed by atoms with E-state index >= 15 is 0 Å². The van der Waals surface area contributed by atoms with Gasteiger partial charge in [-0.15, -0.1) is 0 Å². The van der Waals surface area contributed by atoms with E-state index in [1.807, 2.05) is 42.5 Å². The topological polar surface area (TPSA) is 80.0 Å². The highest BCUT2D eigenvalue weighted by atomic mass is 79.9. The predicted octanol–water partition coefficient (Wildman–Crippen LogP) is 4.84. The zero-order valence-electron chi connectivity index (χ0n) is 13.2. The number of fused-ring (bicyclic) bond motifs is 3. The maximum Gasteiger partial charge on any atom is 0.221 e. The van der Waals surface area contributed by atoms with Gasteiger partial charge >= 0.3 is 0 Å². The van der Waals surface area contributed by atoms with Gasteiger partial charge in [-0.25, -0.2) is 9.97 Å². The summed E-state index contributed by atoms with van der Waals surface area (Å²) in [6, 6.07) is 13.1. The Balaban J connectivity index is 1.72. The second kappa shape index (κ2) is 6.18. The van der Waals surface area contributed by atoms with Crippen LogP contribution in [0.4, 0.5) is 17.2 Å². The number of furan rings is 1. The van der Waals surface area contributed by atoms with Crippen LogP contribution in [-0.4, -0.2) is 15.9 Å². The smallest absolute Gasteiger partial charge is 0.221 e. The van der Waals surface area contributed by atoms with Gasteiger partial charge in [0.1, 0.15) is 17.4 Å². The zero-order chi connectivity index (χ0) is 17.4. The Labute approximate surface area is 151 Å². The SMILES string of the molecule is CC(=O)Nc1ccc(Nc2ncnc3c2oc2ccc(Br)cc23)cc1. The highest BCUT2D eigenvalue weighted by molar-refractivity contribution is 9.10. The van der Waals surface area contributed by atoms with Crippen LogP contribution in [0.3, 0.4) is 0 Å². The van der Waals surface area contributed by atoms with Crippen LogP contribution in [0.25, 0.3) is 22.1 Å². The van der Waals surface area contributed by atoms with Crippen molar-refractivity contribution < 1.29 is 9.21 Å². The molecule has 0 aliphatic heterocycles. The number of amides is 1. The van der Waals surface area contributed by atoms with Crippen molar-refractivity contribution in [3.8, 4) is 0 Å². The fourth-order valence-corrected chi connectivity index (χ4v) is 2.98. The minimum absolute atomic E-state index is 0.105. The van der Waals surface area contributed by atoms with Crippen LogP contribution in [0.15, 0.2) is 57.7 Å². The first kappa shape index (κ1) is 15.6. The van der Waals surface area contributed by atoms with Crippen molar-refractivity contribution in [1.29, 1.82) is 0 Å². The van der Waals surface area contributed by atoms with Crippen LogP contribution >= 0.6 is 15.9 Å². The average Bonchev–Trinajstić information content (AvgIpc) is 2.95. The lowest BCUT2D eigenvalue weighted by Gasteiger charge is -2.07. The van der Waals surface area contributed by atoms with E-state index in [1.54, 1.807) is 0 Å². The molecule has 2 N–H and O–H groups in total. The van der Waals surface area contributed by atoms with Gasteiger partial charge in [-0.2, -0.15) is 0 Å². The molecule has 2 aromatic heterocycles. The molecule has 4 aromatic rings. The van der Waals surface area contributed by atoms with Gasteiger partial charge in [0.25, 0.3) is 0 Å². The normalized spacial score (nSPS) is 11.0. The summed E-state index contributed by atoms with van der Waals surface area (Å²) in [6.45, 7) is 1.48. The van der Waals surface area contributed by atoms with Crippen LogP contribution in [-0.2, 0) is 4.79 Å². The second-order valence-corrected chi connectivity index (χ2v) is 6.44. The first-order valence-electron chi connectivity index (χ1n) is 7.57. The summed E-state index contributed by atoms with van der Waals surface area (Å²) in [6.07, 6.45) is 1.51. The standard InChI is InChI=1S/C18H13BrN4O2/c1-10(24)22-12-3-5-13(6-4-12)23-18-17-16(20-9-21-18)14-8-11(19)2-7-15(14)25-17/h2-9H,1H3,(H,22,24)(H,20,21,23). The molecule has 4 rings (SSSR count). The van der Waals surface area contributed by atoms with Crippen molar-refractivity contribution in [3.05, 3.63) is 53.3 Å². The summed E-state index contributed by atoms with van der Waals surface area (Å²) in [5, 5.41) is 6.89. The van der Waals surface area contributed by atoms with Gasteiger partial charge in [0.05, 0.1) is 0 Å². The van der Waals surface area contributed by atoms with Crippen molar-refractivity contribution in [3.63, 3.8) is 0 Å². The van der Waals surface area contributed by atoms with Gasteiger partial charge < -0.3 is 15.1 Å². The fraction of sp³-hybridized carbons (Fsp3) is 0.0556. The van der Waals surface area contributed by atoms with Crippen molar-refractivity contribution in [2.75, 3.05) is 10.6 Å². The monoisotopic (exact) mass is 396 g/mol. The van der Waals surface area contributed by atoms with E-state index in [0.717, 1.165) is 32.3 Å². The van der Waals surface area contributed by atoms with E-state index in [2.05, 4.69) is 36.5 Å². The predicted molar refractivity (Wildman–Crippen MR) is 101 cm³/mol. The fourth-order valence-electron chi connectivity index (χ4n) is 2.61. The zero-order valence-corrected chi connectivity index (χ0v) is 14.8. The molecule has 1 amide bonds. The molecule has 0 aliphatic rings. The third-order valence-electron chi connectivity index (χ3n) is 3.68. The lowest BCUT2D eigenvalue weighted by Crippen LogP contribution is -2.05. The number of benzene rings is 2. The molecular formula is C18H13BrN4O2. The number of carbonyl (C=O) groups is 1. The van der Waals surface area contributed by atoms with E-state index in [9.17, 15) is 4.79 Å². The molecule has 6 nitrogen and oxygen atoms in total. The van der Waals surface area contributed by atoms with Crippen molar-refractivity contribution in [2.45, 2.75) is 6.92 Å². The first-order valence-corrected chi connectivity index (χ1v) is 8.37. The Hall–Kier alpha value is -2.93. The second-order valence-electron chi connectivity index (χ2n) is 5.53. The highest BCUT2D eigenvalue weighted by Gasteiger charge is 2.13. The van der Waals surface area contributed by atoms with Crippen LogP contribution in [0.1, 0.15) is 6.92 Å². The molecule has 0 aliphatic carbocycles. The molecule has 0 atom stereocenters. The van der Waals surface area contributed by atoms with Gasteiger partial charge in [0.2, 0.25) is 5.91 Å². The Morgan fingerprint density at radius 1 is 1.08 bits per heavy atom. The van der Waals surface area contributed by atoms with Crippen LogP contribution in [0.5, 0.6) is 0 Å². The van der Waals surface area contributed by atoms with Crippen LogP contribution < -0.4 is 10.6 Å². The number of hydrogen-bond acceptors (Lipinski definition) is 5. The first-order chi connectivity index (χ1) is 12.1. The Morgan fingerprint density at radius 3 is 2.60 bits per heavy atom. The van der Waals surface area contributed by atoms with Gasteiger partial charge in [0, 0.05) is 28.2 Å². The molecule has 0 fully saturated rings. The lowest BCUT2D eigenvalue weighted by molar-refractivity contribution is -0.114. The van der Waals surface area contributed by atoms with Gasteiger partial charge in [0.15, 0.2) is 11.4 Å². The van der Waals surface area contributed by atoms with E-state index in [1.165, 1.54) is 13.3 Å². The minimum Gasteiger partial charge on any atom is -0.450 e. The maximum absolute atomic E-state index is 11.1. The number of rotatable bonds is 3. The molecule has 0 unspecified atom stereocenters. The molecular weight excluding hydrogens is 384 g/mol. The van der Waals surface area contributed by atoms with Crippen LogP contribution in [0, 0.1) is 0 Å². The highest BCUT2D eigenvalue weighted by Crippen LogP contribution is 2.33. The van der Waals surface area contributed by atoms with Crippen LogP contribution in [0.2, 0.25) is 0 Å². The summed E-state index contributed by atoms with van der Waals surface area (Å²) < 4.78 is 6.88. The largest absolute Gasteiger partial charge is 0.450 e. The summed E-state index contributed by atoms with van der Waals surface area (Å²) in [7, 11) is 0. The quantitative estimate of drug-likeness (QED) is 0.517.